The second-order valence-electron chi connectivity index (χ2n) is 11.3. The number of nitrogens with two attached hydrogens (primary N) is 1. The minimum Gasteiger partial charge on any atom is -0.368 e. The van der Waals surface area contributed by atoms with Gasteiger partial charge in [-0.1, -0.05) is 30.3 Å². The smallest absolute Gasteiger partial charge is 0.246 e. The van der Waals surface area contributed by atoms with Crippen LogP contribution in [0.2, 0.25) is 0 Å². The lowest BCUT2D eigenvalue weighted by molar-refractivity contribution is -0.870. The van der Waals surface area contributed by atoms with Crippen LogP contribution in [0.1, 0.15) is 51.5 Å². The van der Waals surface area contributed by atoms with Crippen molar-refractivity contribution >= 4 is 29.5 Å². The molecule has 0 saturated carbocycles. The Morgan fingerprint density at radius 2 is 1.62 bits per heavy atom. The zero-order chi connectivity index (χ0) is 29.2. The van der Waals surface area contributed by atoms with E-state index >= 15 is 0 Å². The van der Waals surface area contributed by atoms with Gasteiger partial charge in [-0.15, -0.1) is 0 Å². The van der Waals surface area contributed by atoms with Crippen molar-refractivity contribution in [1.82, 2.24) is 20.9 Å². The van der Waals surface area contributed by atoms with Gasteiger partial charge in [0.15, 0.2) is 0 Å². The molecule has 0 radical (unpaired) electrons. The molecule has 0 spiro atoms. The Morgan fingerprint density at radius 1 is 0.974 bits per heavy atom. The van der Waals surface area contributed by atoms with E-state index in [0.29, 0.717) is 32.2 Å². The molecule has 0 aromatic heterocycles. The highest BCUT2D eigenvalue weighted by Gasteiger charge is 2.37. The highest BCUT2D eigenvalue weighted by atomic mass is 16.2. The number of hydrogen-bond acceptors (Lipinski definition) is 5. The number of nitrogens with zero attached hydrogens (tertiary/aromatic N) is 2. The van der Waals surface area contributed by atoms with E-state index in [0.717, 1.165) is 23.0 Å². The molecule has 1 aliphatic heterocycles. The van der Waals surface area contributed by atoms with Crippen molar-refractivity contribution < 1.29 is 28.5 Å². The Kier molecular flexibility index (Phi) is 11.9. The largest absolute Gasteiger partial charge is 0.368 e. The van der Waals surface area contributed by atoms with Crippen LogP contribution in [0.4, 0.5) is 0 Å². The molecule has 39 heavy (non-hydrogen) atoms. The van der Waals surface area contributed by atoms with Gasteiger partial charge in [-0.25, -0.2) is 0 Å². The van der Waals surface area contributed by atoms with Crippen LogP contribution < -0.4 is 21.7 Å². The predicted octanol–water partition coefficient (Wildman–Crippen LogP) is 0.0761. The minimum absolute atomic E-state index is 0.220. The molecule has 1 heterocycles. The maximum Gasteiger partial charge on any atom is 0.246 e. The average Bonchev–Trinajstić information content (AvgIpc) is 3.35. The van der Waals surface area contributed by atoms with Gasteiger partial charge in [-0.2, -0.15) is 0 Å². The Hall–Kier alpha value is -3.47. The first-order chi connectivity index (χ1) is 18.3. The lowest BCUT2D eigenvalue weighted by atomic mass is 10.0. The van der Waals surface area contributed by atoms with E-state index in [2.05, 4.69) is 37.1 Å². The molecule has 5 N–H and O–H groups in total. The van der Waals surface area contributed by atoms with Crippen molar-refractivity contribution in [2.75, 3.05) is 34.2 Å². The Bertz CT molecular complexity index is 1010. The van der Waals surface area contributed by atoms with Gasteiger partial charge in [0, 0.05) is 19.9 Å². The summed E-state index contributed by atoms with van der Waals surface area (Å²) in [7, 11) is 6.25. The van der Waals surface area contributed by atoms with Crippen LogP contribution in [-0.2, 0) is 30.4 Å². The molecular weight excluding hydrogens is 500 g/mol. The topological polar surface area (TPSA) is 151 Å². The van der Waals surface area contributed by atoms with Crippen LogP contribution >= 0.6 is 0 Å². The lowest BCUT2D eigenvalue weighted by Gasteiger charge is -2.29. The van der Waals surface area contributed by atoms with Crippen LogP contribution in [0, 0.1) is 0 Å². The molecular formula is C28H45N6O5+. The van der Waals surface area contributed by atoms with Gasteiger partial charge < -0.3 is 31.1 Å². The van der Waals surface area contributed by atoms with E-state index in [4.69, 9.17) is 5.73 Å². The van der Waals surface area contributed by atoms with Gasteiger partial charge in [-0.3, -0.25) is 24.0 Å². The van der Waals surface area contributed by atoms with Crippen molar-refractivity contribution in [3.63, 3.8) is 0 Å². The quantitative estimate of drug-likeness (QED) is 0.193. The first-order valence-electron chi connectivity index (χ1n) is 13.6. The van der Waals surface area contributed by atoms with Crippen LogP contribution in [0.5, 0.6) is 0 Å². The van der Waals surface area contributed by atoms with Crippen molar-refractivity contribution in [3.05, 3.63) is 35.9 Å². The van der Waals surface area contributed by atoms with Gasteiger partial charge in [-0.05, 0) is 44.6 Å². The number of likely N-dealkylation sites (tertiary alicyclic amines) is 1. The van der Waals surface area contributed by atoms with E-state index in [1.165, 1.54) is 11.8 Å². The number of quaternary nitrogens is 1. The molecule has 1 saturated heterocycles. The van der Waals surface area contributed by atoms with Crippen LogP contribution in [0.3, 0.4) is 0 Å². The zero-order valence-corrected chi connectivity index (χ0v) is 23.9. The number of amides is 5. The summed E-state index contributed by atoms with van der Waals surface area (Å²) in [6.45, 7) is 4.13. The summed E-state index contributed by atoms with van der Waals surface area (Å²) < 4.78 is 0.771. The van der Waals surface area contributed by atoms with Gasteiger partial charge in [0.1, 0.15) is 24.2 Å². The highest BCUT2D eigenvalue weighted by molar-refractivity contribution is 5.95. The molecule has 0 bridgehead atoms. The molecule has 5 amide bonds. The van der Waals surface area contributed by atoms with Gasteiger partial charge in [0.25, 0.3) is 0 Å². The van der Waals surface area contributed by atoms with E-state index in [9.17, 15) is 24.0 Å². The molecule has 1 fully saturated rings. The number of carbonyl (C=O) groups is 5. The SMILES string of the molecule is CC(=O)N[C@@H](C)C(=O)N[C@@H](CCCC[N+](C)(C)C)C(=O)N[C@@H](Cc1ccccc1)C(=O)N1CCC[C@H]1C(N)=O. The third-order valence-electron chi connectivity index (χ3n) is 6.78. The number of benzene rings is 1. The Morgan fingerprint density at radius 3 is 2.21 bits per heavy atom. The number of nitrogens with one attached hydrogen (secondary N) is 3. The van der Waals surface area contributed by atoms with Gasteiger partial charge in [0.05, 0.1) is 27.7 Å². The number of hydrogen-bond donors (Lipinski definition) is 4. The normalized spacial score (nSPS) is 17.6. The molecule has 1 aliphatic rings. The summed E-state index contributed by atoms with van der Waals surface area (Å²) in [6, 6.07) is 5.89. The van der Waals surface area contributed by atoms with Gasteiger partial charge in [0.2, 0.25) is 29.5 Å². The molecule has 1 aromatic carbocycles. The van der Waals surface area contributed by atoms with Crippen molar-refractivity contribution in [2.45, 2.75) is 76.5 Å². The molecule has 0 unspecified atom stereocenters. The standard InChI is InChI=1S/C28H44N6O5/c1-19(30-20(2)35)26(37)31-22(14-9-10-17-34(3,4)5)27(38)32-23(18-21-12-7-6-8-13-21)28(39)33-16-11-15-24(33)25(29)36/h6-8,12-13,19,22-24H,9-11,14-18H2,1-5H3,(H4-,29,30,31,32,35,36,37,38)/p+1/t19-,22-,23-,24-/m0/s1. The number of rotatable bonds is 14. The van der Waals surface area contributed by atoms with E-state index in [-0.39, 0.29) is 18.2 Å². The summed E-state index contributed by atoms with van der Waals surface area (Å²) in [5.74, 6) is -2.29. The fourth-order valence-electron chi connectivity index (χ4n) is 4.72. The second kappa shape index (κ2) is 14.6. The third-order valence-corrected chi connectivity index (χ3v) is 6.78. The summed E-state index contributed by atoms with van der Waals surface area (Å²) in [5.41, 5.74) is 6.39. The Labute approximate surface area is 231 Å². The number of unbranched alkanes of at least 4 members (excludes halogenated alkanes) is 1. The first kappa shape index (κ1) is 31.7. The molecule has 4 atom stereocenters. The van der Waals surface area contributed by atoms with E-state index in [1.807, 2.05) is 30.3 Å². The number of carbonyl (C=O) groups excluding carboxylic acids is 5. The summed E-state index contributed by atoms with van der Waals surface area (Å²) >= 11 is 0. The monoisotopic (exact) mass is 545 g/mol. The van der Waals surface area contributed by atoms with E-state index < -0.39 is 41.9 Å². The minimum atomic E-state index is -0.946. The fourth-order valence-corrected chi connectivity index (χ4v) is 4.72. The maximum atomic E-state index is 13.6. The zero-order valence-electron chi connectivity index (χ0n) is 23.9. The summed E-state index contributed by atoms with van der Waals surface area (Å²) in [4.78, 5) is 64.8. The lowest BCUT2D eigenvalue weighted by Crippen LogP contribution is -2.58. The van der Waals surface area contributed by atoms with Crippen LogP contribution in [0.15, 0.2) is 30.3 Å². The summed E-state index contributed by atoms with van der Waals surface area (Å²) in [5, 5.41) is 8.14. The molecule has 1 aromatic rings. The Balaban J connectivity index is 2.24. The third kappa shape index (κ3) is 10.7. The molecule has 0 aliphatic carbocycles. The van der Waals surface area contributed by atoms with Crippen LogP contribution in [-0.4, -0.2) is 97.3 Å². The highest BCUT2D eigenvalue weighted by Crippen LogP contribution is 2.19. The number of primary amides is 1. The van der Waals surface area contributed by atoms with Crippen LogP contribution in [0.25, 0.3) is 0 Å². The molecule has 11 nitrogen and oxygen atoms in total. The van der Waals surface area contributed by atoms with E-state index in [1.54, 1.807) is 6.92 Å². The van der Waals surface area contributed by atoms with Gasteiger partial charge >= 0.3 is 0 Å². The molecule has 2 rings (SSSR count). The first-order valence-corrected chi connectivity index (χ1v) is 13.6. The van der Waals surface area contributed by atoms with Crippen molar-refractivity contribution in [2.24, 2.45) is 5.73 Å². The van der Waals surface area contributed by atoms with Crippen molar-refractivity contribution in [1.29, 1.82) is 0 Å². The molecule has 216 valence electrons. The molecule has 11 heteroatoms. The summed E-state index contributed by atoms with van der Waals surface area (Å²) in [6.07, 6.45) is 3.24. The maximum absolute atomic E-state index is 13.6. The fraction of sp³-hybridized carbons (Fsp3) is 0.607. The van der Waals surface area contributed by atoms with Crippen molar-refractivity contribution in [3.8, 4) is 0 Å². The average molecular weight is 546 g/mol. The predicted molar refractivity (Wildman–Crippen MR) is 148 cm³/mol. The second-order valence-corrected chi connectivity index (χ2v) is 11.3.